The van der Waals surface area contributed by atoms with Crippen molar-refractivity contribution in [3.8, 4) is 0 Å². The lowest BCUT2D eigenvalue weighted by atomic mass is 10.1. The van der Waals surface area contributed by atoms with E-state index in [0.717, 1.165) is 0 Å². The van der Waals surface area contributed by atoms with E-state index in [1.54, 1.807) is 0 Å². The van der Waals surface area contributed by atoms with Crippen LogP contribution in [0.3, 0.4) is 0 Å². The molecule has 1 rings (SSSR count). The topological polar surface area (TPSA) is 117 Å². The molecule has 0 aliphatic carbocycles. The van der Waals surface area contributed by atoms with E-state index in [9.17, 15) is 14.9 Å². The molecule has 0 saturated heterocycles. The number of methoxy groups -OCH3 is 2. The maximum atomic E-state index is 11.1. The lowest BCUT2D eigenvalue weighted by Gasteiger charge is -2.15. The van der Waals surface area contributed by atoms with E-state index < -0.39 is 17.1 Å². The molecular weight excluding hydrogens is 254 g/mol. The molecular formula is C11H15N3O5. The number of nitro groups is 1. The first-order valence-corrected chi connectivity index (χ1v) is 5.37. The van der Waals surface area contributed by atoms with Gasteiger partial charge in [0.2, 0.25) is 5.91 Å². The number of nitro benzene ring substituents is 1. The van der Waals surface area contributed by atoms with Gasteiger partial charge in [0.15, 0.2) is 6.29 Å². The fourth-order valence-electron chi connectivity index (χ4n) is 1.45. The number of amides is 1. The van der Waals surface area contributed by atoms with Crippen molar-refractivity contribution in [2.24, 2.45) is 5.73 Å². The molecule has 3 N–H and O–H groups in total. The number of hydrogen-bond acceptors (Lipinski definition) is 6. The molecule has 0 unspecified atom stereocenters. The Morgan fingerprint density at radius 1 is 1.47 bits per heavy atom. The number of nitrogens with one attached hydrogen (secondary N) is 1. The minimum atomic E-state index is -0.659. The number of nitrogens with zero attached hydrogens (tertiary/aromatic N) is 1. The van der Waals surface area contributed by atoms with Crippen LogP contribution in [-0.4, -0.2) is 37.9 Å². The zero-order valence-electron chi connectivity index (χ0n) is 10.6. The predicted octanol–water partition coefficient (Wildman–Crippen LogP) is 0.725. The number of nitrogens with two attached hydrogens (primary N) is 1. The highest BCUT2D eigenvalue weighted by Crippen LogP contribution is 2.25. The first kappa shape index (κ1) is 14.9. The first-order valence-electron chi connectivity index (χ1n) is 5.37. The summed E-state index contributed by atoms with van der Waals surface area (Å²) in [4.78, 5) is 21.4. The second kappa shape index (κ2) is 6.66. The molecule has 0 aliphatic rings. The average molecular weight is 269 g/mol. The normalized spacial score (nSPS) is 10.5. The van der Waals surface area contributed by atoms with Crippen molar-refractivity contribution in [3.05, 3.63) is 33.9 Å². The molecule has 1 aromatic rings. The van der Waals surface area contributed by atoms with Gasteiger partial charge in [0.05, 0.1) is 11.5 Å². The molecule has 8 nitrogen and oxygen atoms in total. The summed E-state index contributed by atoms with van der Waals surface area (Å²) in [7, 11) is 2.90. The van der Waals surface area contributed by atoms with Gasteiger partial charge in [0.25, 0.3) is 5.69 Å². The van der Waals surface area contributed by atoms with Crippen molar-refractivity contribution in [3.63, 3.8) is 0 Å². The van der Waals surface area contributed by atoms with Gasteiger partial charge in [-0.3, -0.25) is 14.9 Å². The standard InChI is InChI=1S/C11H15N3O5/c1-18-10(19-2)6-13-8-5-7(11(12)15)3-4-9(8)14(16)17/h3-5,10,13H,6H2,1-2H3,(H2,12,15). The zero-order chi connectivity index (χ0) is 14.4. The van der Waals surface area contributed by atoms with Crippen LogP contribution in [0.2, 0.25) is 0 Å². The van der Waals surface area contributed by atoms with Crippen LogP contribution in [0.25, 0.3) is 0 Å². The molecule has 19 heavy (non-hydrogen) atoms. The fourth-order valence-corrected chi connectivity index (χ4v) is 1.45. The van der Waals surface area contributed by atoms with Gasteiger partial charge in [0, 0.05) is 25.8 Å². The summed E-state index contributed by atoms with van der Waals surface area (Å²) in [6.07, 6.45) is -0.558. The van der Waals surface area contributed by atoms with Gasteiger partial charge in [-0.1, -0.05) is 0 Å². The Kier molecular flexibility index (Phi) is 5.22. The number of benzene rings is 1. The van der Waals surface area contributed by atoms with E-state index in [0.29, 0.717) is 0 Å². The molecule has 1 amide bonds. The number of carbonyl (C=O) groups excluding carboxylic acids is 1. The van der Waals surface area contributed by atoms with Crippen molar-refractivity contribution in [1.82, 2.24) is 0 Å². The van der Waals surface area contributed by atoms with Crippen molar-refractivity contribution >= 4 is 17.3 Å². The second-order valence-electron chi connectivity index (χ2n) is 3.64. The molecule has 0 aromatic heterocycles. The number of hydrogen-bond donors (Lipinski definition) is 2. The summed E-state index contributed by atoms with van der Waals surface area (Å²) in [5, 5.41) is 13.7. The molecule has 0 radical (unpaired) electrons. The fraction of sp³-hybridized carbons (Fsp3) is 0.364. The Morgan fingerprint density at radius 2 is 2.11 bits per heavy atom. The van der Waals surface area contributed by atoms with Crippen molar-refractivity contribution in [2.75, 3.05) is 26.1 Å². The van der Waals surface area contributed by atoms with Crippen molar-refractivity contribution in [1.29, 1.82) is 0 Å². The van der Waals surface area contributed by atoms with Gasteiger partial charge in [-0.25, -0.2) is 0 Å². The van der Waals surface area contributed by atoms with Gasteiger partial charge in [-0.2, -0.15) is 0 Å². The quantitative estimate of drug-likeness (QED) is 0.428. The maximum absolute atomic E-state index is 11.1. The molecule has 0 spiro atoms. The Morgan fingerprint density at radius 3 is 2.58 bits per heavy atom. The largest absolute Gasteiger partial charge is 0.374 e. The number of primary amides is 1. The molecule has 0 atom stereocenters. The van der Waals surface area contributed by atoms with Crippen LogP contribution in [0.1, 0.15) is 10.4 Å². The number of rotatable bonds is 7. The molecule has 0 saturated carbocycles. The first-order chi connectivity index (χ1) is 8.99. The predicted molar refractivity (Wildman–Crippen MR) is 67.9 cm³/mol. The number of anilines is 1. The Labute approximate surface area is 109 Å². The van der Waals surface area contributed by atoms with Gasteiger partial charge in [-0.05, 0) is 12.1 Å². The average Bonchev–Trinajstić information content (AvgIpc) is 2.39. The lowest BCUT2D eigenvalue weighted by Crippen LogP contribution is -2.24. The third-order valence-corrected chi connectivity index (χ3v) is 2.46. The summed E-state index contributed by atoms with van der Waals surface area (Å²) in [5.74, 6) is -0.659. The number of carbonyl (C=O) groups is 1. The van der Waals surface area contributed by atoms with Crippen LogP contribution < -0.4 is 11.1 Å². The minimum Gasteiger partial charge on any atom is -0.374 e. The zero-order valence-corrected chi connectivity index (χ0v) is 10.6. The van der Waals surface area contributed by atoms with Crippen LogP contribution in [0.5, 0.6) is 0 Å². The summed E-state index contributed by atoms with van der Waals surface area (Å²) in [6, 6.07) is 3.84. The minimum absolute atomic E-state index is 0.157. The van der Waals surface area contributed by atoms with E-state index in [-0.39, 0.29) is 23.5 Å². The highest BCUT2D eigenvalue weighted by Gasteiger charge is 2.17. The van der Waals surface area contributed by atoms with E-state index in [2.05, 4.69) is 5.32 Å². The molecule has 1 aromatic carbocycles. The molecule has 0 bridgehead atoms. The van der Waals surface area contributed by atoms with Crippen LogP contribution in [-0.2, 0) is 9.47 Å². The molecule has 8 heteroatoms. The Bertz CT molecular complexity index is 473. The van der Waals surface area contributed by atoms with Gasteiger partial charge in [0.1, 0.15) is 5.69 Å². The van der Waals surface area contributed by atoms with Gasteiger partial charge < -0.3 is 20.5 Å². The van der Waals surface area contributed by atoms with E-state index >= 15 is 0 Å². The monoisotopic (exact) mass is 269 g/mol. The SMILES string of the molecule is COC(CNc1cc(C(N)=O)ccc1[N+](=O)[O-])OC. The van der Waals surface area contributed by atoms with Crippen LogP contribution >= 0.6 is 0 Å². The lowest BCUT2D eigenvalue weighted by molar-refractivity contribution is -0.384. The van der Waals surface area contributed by atoms with E-state index in [1.165, 1.54) is 32.4 Å². The van der Waals surface area contributed by atoms with Gasteiger partial charge >= 0.3 is 0 Å². The molecule has 0 heterocycles. The highest BCUT2D eigenvalue weighted by atomic mass is 16.7. The molecule has 0 aliphatic heterocycles. The van der Waals surface area contributed by atoms with Crippen molar-refractivity contribution in [2.45, 2.75) is 6.29 Å². The van der Waals surface area contributed by atoms with Crippen LogP contribution in [0, 0.1) is 10.1 Å². The van der Waals surface area contributed by atoms with Gasteiger partial charge in [-0.15, -0.1) is 0 Å². The summed E-state index contributed by atoms with van der Waals surface area (Å²) >= 11 is 0. The summed E-state index contributed by atoms with van der Waals surface area (Å²) < 4.78 is 9.91. The number of ether oxygens (including phenoxy) is 2. The maximum Gasteiger partial charge on any atom is 0.292 e. The second-order valence-corrected chi connectivity index (χ2v) is 3.64. The Hall–Kier alpha value is -2.19. The Balaban J connectivity index is 2.97. The van der Waals surface area contributed by atoms with E-state index in [1.807, 2.05) is 0 Å². The third-order valence-electron chi connectivity index (χ3n) is 2.46. The van der Waals surface area contributed by atoms with Crippen LogP contribution in [0.4, 0.5) is 11.4 Å². The van der Waals surface area contributed by atoms with Crippen molar-refractivity contribution < 1.29 is 19.2 Å². The summed E-state index contributed by atoms with van der Waals surface area (Å²) in [5.41, 5.74) is 5.34. The smallest absolute Gasteiger partial charge is 0.292 e. The van der Waals surface area contributed by atoms with Crippen LogP contribution in [0.15, 0.2) is 18.2 Å². The summed E-state index contributed by atoms with van der Waals surface area (Å²) in [6.45, 7) is 0.191. The molecule has 104 valence electrons. The molecule has 0 fully saturated rings. The highest BCUT2D eigenvalue weighted by molar-refractivity contribution is 5.94. The third kappa shape index (κ3) is 3.90. The van der Waals surface area contributed by atoms with E-state index in [4.69, 9.17) is 15.2 Å².